The molecule has 0 saturated heterocycles. The first-order valence-corrected chi connectivity index (χ1v) is 5.55. The van der Waals surface area contributed by atoms with E-state index in [4.69, 9.17) is 17.3 Å². The lowest BCUT2D eigenvalue weighted by Gasteiger charge is -2.24. The predicted molar refractivity (Wildman–Crippen MR) is 62.6 cm³/mol. The largest absolute Gasteiger partial charge is 0.325 e. The average molecular weight is 230 g/mol. The van der Waals surface area contributed by atoms with E-state index < -0.39 is 0 Å². The standard InChI is InChI=1S/C12H17ClFN/c1-3-6-12(2,15)8-9-4-5-11(14)10(13)7-9/h4-5,7H,3,6,8,15H2,1-2H3. The molecule has 0 spiro atoms. The Labute approximate surface area is 95.4 Å². The molecule has 2 N–H and O–H groups in total. The van der Waals surface area contributed by atoms with Gasteiger partial charge in [0.15, 0.2) is 0 Å². The van der Waals surface area contributed by atoms with Gasteiger partial charge in [-0.3, -0.25) is 0 Å². The summed E-state index contributed by atoms with van der Waals surface area (Å²) in [5.74, 6) is -0.380. The van der Waals surface area contributed by atoms with Gasteiger partial charge in [0.2, 0.25) is 0 Å². The van der Waals surface area contributed by atoms with Crippen LogP contribution in [0.15, 0.2) is 18.2 Å². The van der Waals surface area contributed by atoms with Crippen LogP contribution in [-0.2, 0) is 6.42 Å². The van der Waals surface area contributed by atoms with Gasteiger partial charge >= 0.3 is 0 Å². The Morgan fingerprint density at radius 3 is 2.67 bits per heavy atom. The molecule has 84 valence electrons. The van der Waals surface area contributed by atoms with Gasteiger partial charge in [-0.1, -0.05) is 31.0 Å². The van der Waals surface area contributed by atoms with Gasteiger partial charge in [-0.2, -0.15) is 0 Å². The minimum Gasteiger partial charge on any atom is -0.325 e. The highest BCUT2D eigenvalue weighted by Gasteiger charge is 2.18. The summed E-state index contributed by atoms with van der Waals surface area (Å²) in [5, 5.41) is 0.166. The summed E-state index contributed by atoms with van der Waals surface area (Å²) in [6.07, 6.45) is 2.71. The van der Waals surface area contributed by atoms with Crippen LogP contribution in [0.1, 0.15) is 32.3 Å². The van der Waals surface area contributed by atoms with Crippen molar-refractivity contribution in [3.8, 4) is 0 Å². The monoisotopic (exact) mass is 229 g/mol. The predicted octanol–water partition coefficient (Wildman–Crippen LogP) is 3.54. The summed E-state index contributed by atoms with van der Waals surface area (Å²) in [6.45, 7) is 4.11. The third-order valence-corrected chi connectivity index (χ3v) is 2.70. The third-order valence-electron chi connectivity index (χ3n) is 2.41. The summed E-state index contributed by atoms with van der Waals surface area (Å²) in [6, 6.07) is 4.78. The van der Waals surface area contributed by atoms with E-state index in [0.29, 0.717) is 0 Å². The normalized spacial score (nSPS) is 15.0. The zero-order valence-electron chi connectivity index (χ0n) is 9.19. The molecule has 1 aromatic rings. The lowest BCUT2D eigenvalue weighted by molar-refractivity contribution is 0.424. The molecule has 1 unspecified atom stereocenters. The fourth-order valence-electron chi connectivity index (χ4n) is 1.78. The maximum Gasteiger partial charge on any atom is 0.141 e. The van der Waals surface area contributed by atoms with Gasteiger partial charge in [-0.25, -0.2) is 4.39 Å². The molecule has 1 aromatic carbocycles. The first kappa shape index (κ1) is 12.5. The van der Waals surface area contributed by atoms with Crippen molar-refractivity contribution in [2.45, 2.75) is 38.6 Å². The lowest BCUT2D eigenvalue weighted by atomic mass is 9.90. The fraction of sp³-hybridized carbons (Fsp3) is 0.500. The maximum atomic E-state index is 12.9. The van der Waals surface area contributed by atoms with Crippen molar-refractivity contribution in [2.24, 2.45) is 5.73 Å². The van der Waals surface area contributed by atoms with E-state index in [0.717, 1.165) is 24.8 Å². The molecule has 0 saturated carbocycles. The highest BCUT2D eigenvalue weighted by Crippen LogP contribution is 2.21. The first-order valence-electron chi connectivity index (χ1n) is 5.17. The SMILES string of the molecule is CCCC(C)(N)Cc1ccc(F)c(Cl)c1. The smallest absolute Gasteiger partial charge is 0.141 e. The van der Waals surface area contributed by atoms with Crippen LogP contribution < -0.4 is 5.73 Å². The third kappa shape index (κ3) is 3.80. The van der Waals surface area contributed by atoms with E-state index in [1.165, 1.54) is 6.07 Å². The second-order valence-electron chi connectivity index (χ2n) is 4.33. The quantitative estimate of drug-likeness (QED) is 0.840. The van der Waals surface area contributed by atoms with Crippen LogP contribution in [0.25, 0.3) is 0 Å². The van der Waals surface area contributed by atoms with Crippen molar-refractivity contribution in [1.29, 1.82) is 0 Å². The number of rotatable bonds is 4. The van der Waals surface area contributed by atoms with Crippen molar-refractivity contribution < 1.29 is 4.39 Å². The molecule has 1 nitrogen and oxygen atoms in total. The fourth-order valence-corrected chi connectivity index (χ4v) is 1.98. The molecule has 15 heavy (non-hydrogen) atoms. The molecule has 0 radical (unpaired) electrons. The van der Waals surface area contributed by atoms with E-state index in [9.17, 15) is 4.39 Å². The minimum atomic E-state index is -0.380. The topological polar surface area (TPSA) is 26.0 Å². The van der Waals surface area contributed by atoms with Crippen LogP contribution in [0.2, 0.25) is 5.02 Å². The molecule has 0 fully saturated rings. The van der Waals surface area contributed by atoms with Crippen LogP contribution in [0, 0.1) is 5.82 Å². The van der Waals surface area contributed by atoms with Crippen LogP contribution in [0.5, 0.6) is 0 Å². The van der Waals surface area contributed by atoms with E-state index in [1.807, 2.05) is 6.92 Å². The number of hydrogen-bond donors (Lipinski definition) is 1. The molecule has 0 aliphatic rings. The summed E-state index contributed by atoms with van der Waals surface area (Å²) >= 11 is 5.70. The Balaban J connectivity index is 2.76. The molecule has 0 heterocycles. The Morgan fingerprint density at radius 1 is 1.47 bits per heavy atom. The summed E-state index contributed by atoms with van der Waals surface area (Å²) in [4.78, 5) is 0. The first-order chi connectivity index (χ1) is 6.94. The molecule has 0 aromatic heterocycles. The van der Waals surface area contributed by atoms with Gasteiger partial charge in [0.1, 0.15) is 5.82 Å². The Morgan fingerprint density at radius 2 is 2.13 bits per heavy atom. The summed E-state index contributed by atoms with van der Waals surface area (Å²) < 4.78 is 12.9. The van der Waals surface area contributed by atoms with Gasteiger partial charge in [-0.15, -0.1) is 0 Å². The molecule has 0 aliphatic heterocycles. The molecule has 3 heteroatoms. The van der Waals surface area contributed by atoms with Gasteiger partial charge in [-0.05, 0) is 37.5 Å². The van der Waals surface area contributed by atoms with Crippen molar-refractivity contribution in [3.63, 3.8) is 0 Å². The molecule has 1 rings (SSSR count). The number of benzene rings is 1. The molecular weight excluding hydrogens is 213 g/mol. The zero-order chi connectivity index (χ0) is 11.5. The number of nitrogens with two attached hydrogens (primary N) is 1. The lowest BCUT2D eigenvalue weighted by Crippen LogP contribution is -2.38. The van der Waals surface area contributed by atoms with Crippen LogP contribution in [-0.4, -0.2) is 5.54 Å². The highest BCUT2D eigenvalue weighted by molar-refractivity contribution is 6.30. The van der Waals surface area contributed by atoms with Crippen molar-refractivity contribution in [1.82, 2.24) is 0 Å². The summed E-state index contributed by atoms with van der Waals surface area (Å²) in [5.41, 5.74) is 6.86. The van der Waals surface area contributed by atoms with Gasteiger partial charge in [0.05, 0.1) is 5.02 Å². The number of halogens is 2. The van der Waals surface area contributed by atoms with E-state index in [-0.39, 0.29) is 16.4 Å². The van der Waals surface area contributed by atoms with Crippen molar-refractivity contribution in [3.05, 3.63) is 34.6 Å². The Bertz CT molecular complexity index is 336. The van der Waals surface area contributed by atoms with Crippen molar-refractivity contribution in [2.75, 3.05) is 0 Å². The Kier molecular flexibility index (Phi) is 4.12. The minimum absolute atomic E-state index is 0.166. The molecule has 0 aliphatic carbocycles. The van der Waals surface area contributed by atoms with Crippen LogP contribution in [0.4, 0.5) is 4.39 Å². The van der Waals surface area contributed by atoms with Gasteiger partial charge < -0.3 is 5.73 Å². The highest BCUT2D eigenvalue weighted by atomic mass is 35.5. The van der Waals surface area contributed by atoms with E-state index >= 15 is 0 Å². The van der Waals surface area contributed by atoms with Crippen LogP contribution in [0.3, 0.4) is 0 Å². The van der Waals surface area contributed by atoms with Crippen LogP contribution >= 0.6 is 11.6 Å². The van der Waals surface area contributed by atoms with E-state index in [2.05, 4.69) is 6.92 Å². The number of hydrogen-bond acceptors (Lipinski definition) is 1. The maximum absolute atomic E-state index is 12.9. The van der Waals surface area contributed by atoms with E-state index in [1.54, 1.807) is 12.1 Å². The second-order valence-corrected chi connectivity index (χ2v) is 4.74. The van der Waals surface area contributed by atoms with Gasteiger partial charge in [0.25, 0.3) is 0 Å². The Hall–Kier alpha value is -0.600. The average Bonchev–Trinajstić information content (AvgIpc) is 2.10. The zero-order valence-corrected chi connectivity index (χ0v) is 9.94. The second kappa shape index (κ2) is 4.95. The molecule has 0 bridgehead atoms. The molecular formula is C12H17ClFN. The summed E-state index contributed by atoms with van der Waals surface area (Å²) in [7, 11) is 0. The van der Waals surface area contributed by atoms with Crippen molar-refractivity contribution >= 4 is 11.6 Å². The van der Waals surface area contributed by atoms with Gasteiger partial charge in [0, 0.05) is 5.54 Å². The molecule has 1 atom stereocenters. The molecule has 0 amide bonds.